The molecule has 6 nitrogen and oxygen atoms in total. The number of nitrogens with one attached hydrogen (secondary N) is 1. The van der Waals surface area contributed by atoms with E-state index >= 15 is 0 Å². The van der Waals surface area contributed by atoms with Gasteiger partial charge >= 0.3 is 0 Å². The van der Waals surface area contributed by atoms with Gasteiger partial charge in [0.1, 0.15) is 5.75 Å². The Hall–Kier alpha value is -2.67. The van der Waals surface area contributed by atoms with Gasteiger partial charge in [0.2, 0.25) is 0 Å². The Morgan fingerprint density at radius 1 is 1.22 bits per heavy atom. The van der Waals surface area contributed by atoms with E-state index in [2.05, 4.69) is 26.5 Å². The number of primary amides is 1. The molecule has 0 atom stereocenters. The maximum Gasteiger partial charge on any atom is 0.271 e. The lowest BCUT2D eigenvalue weighted by Crippen LogP contribution is -2.20. The van der Waals surface area contributed by atoms with E-state index < -0.39 is 5.91 Å². The number of carbonyl (C=O) groups is 2. The van der Waals surface area contributed by atoms with Crippen molar-refractivity contribution in [2.24, 2.45) is 10.8 Å². The van der Waals surface area contributed by atoms with Crippen molar-refractivity contribution in [1.29, 1.82) is 0 Å². The SMILES string of the molecule is NC(=O)COc1ccc(/C=N\NC(=O)c2ccccc2)cc1Br. The van der Waals surface area contributed by atoms with Gasteiger partial charge in [0.25, 0.3) is 11.8 Å². The van der Waals surface area contributed by atoms with Gasteiger partial charge < -0.3 is 10.5 Å². The molecule has 0 aliphatic rings. The fourth-order valence-corrected chi connectivity index (χ4v) is 2.19. The zero-order chi connectivity index (χ0) is 16.7. The Morgan fingerprint density at radius 2 is 1.96 bits per heavy atom. The summed E-state index contributed by atoms with van der Waals surface area (Å²) in [4.78, 5) is 22.5. The van der Waals surface area contributed by atoms with Crippen LogP contribution in [0.2, 0.25) is 0 Å². The summed E-state index contributed by atoms with van der Waals surface area (Å²) in [5.74, 6) is -0.345. The van der Waals surface area contributed by atoms with Crippen molar-refractivity contribution in [2.75, 3.05) is 6.61 Å². The summed E-state index contributed by atoms with van der Waals surface area (Å²) in [6, 6.07) is 13.9. The number of benzene rings is 2. The number of ether oxygens (including phenoxy) is 1. The van der Waals surface area contributed by atoms with Gasteiger partial charge in [0, 0.05) is 5.56 Å². The van der Waals surface area contributed by atoms with Crippen LogP contribution in [0.15, 0.2) is 58.1 Å². The average molecular weight is 376 g/mol. The minimum atomic E-state index is -0.550. The van der Waals surface area contributed by atoms with Crippen molar-refractivity contribution >= 4 is 34.0 Å². The van der Waals surface area contributed by atoms with E-state index in [9.17, 15) is 9.59 Å². The van der Waals surface area contributed by atoms with Crippen LogP contribution in [0.1, 0.15) is 15.9 Å². The number of halogens is 1. The zero-order valence-electron chi connectivity index (χ0n) is 12.0. The van der Waals surface area contributed by atoms with Gasteiger partial charge in [-0.05, 0) is 51.8 Å². The number of hydrogen-bond donors (Lipinski definition) is 2. The molecule has 0 saturated carbocycles. The molecule has 7 heteroatoms. The summed E-state index contributed by atoms with van der Waals surface area (Å²) in [7, 11) is 0. The molecule has 2 rings (SSSR count). The summed E-state index contributed by atoms with van der Waals surface area (Å²) < 4.78 is 5.87. The van der Waals surface area contributed by atoms with Crippen LogP contribution in [0.4, 0.5) is 0 Å². The van der Waals surface area contributed by atoms with Gasteiger partial charge in [-0.1, -0.05) is 18.2 Å². The van der Waals surface area contributed by atoms with E-state index in [1.54, 1.807) is 42.5 Å². The number of carbonyl (C=O) groups excluding carboxylic acids is 2. The molecule has 3 N–H and O–H groups in total. The van der Waals surface area contributed by atoms with E-state index in [0.29, 0.717) is 15.8 Å². The molecule has 2 aromatic rings. The lowest BCUT2D eigenvalue weighted by molar-refractivity contribution is -0.119. The van der Waals surface area contributed by atoms with Crippen molar-refractivity contribution in [3.63, 3.8) is 0 Å². The minimum absolute atomic E-state index is 0.195. The molecule has 23 heavy (non-hydrogen) atoms. The number of amides is 2. The number of rotatable bonds is 6. The third-order valence-electron chi connectivity index (χ3n) is 2.74. The first-order valence-corrected chi connectivity index (χ1v) is 7.44. The number of hydrazone groups is 1. The van der Waals surface area contributed by atoms with Crippen molar-refractivity contribution in [3.05, 3.63) is 64.1 Å². The smallest absolute Gasteiger partial charge is 0.271 e. The van der Waals surface area contributed by atoms with Gasteiger partial charge in [-0.25, -0.2) is 5.43 Å². The fraction of sp³-hybridized carbons (Fsp3) is 0.0625. The highest BCUT2D eigenvalue weighted by Crippen LogP contribution is 2.25. The van der Waals surface area contributed by atoms with E-state index in [4.69, 9.17) is 10.5 Å². The van der Waals surface area contributed by atoms with Crippen LogP contribution in [0.5, 0.6) is 5.75 Å². The van der Waals surface area contributed by atoms with E-state index in [1.165, 1.54) is 6.21 Å². The number of hydrogen-bond acceptors (Lipinski definition) is 4. The van der Waals surface area contributed by atoms with Gasteiger partial charge in [0.05, 0.1) is 10.7 Å². The Balaban J connectivity index is 1.96. The first kappa shape index (κ1) is 16.7. The summed E-state index contributed by atoms with van der Waals surface area (Å²) in [5.41, 5.74) is 8.74. The lowest BCUT2D eigenvalue weighted by atomic mass is 10.2. The van der Waals surface area contributed by atoms with Crippen molar-refractivity contribution < 1.29 is 14.3 Å². The van der Waals surface area contributed by atoms with Crippen LogP contribution in [-0.4, -0.2) is 24.6 Å². The Kier molecular flexibility index (Phi) is 5.87. The third-order valence-corrected chi connectivity index (χ3v) is 3.36. The summed E-state index contributed by atoms with van der Waals surface area (Å²) in [6.07, 6.45) is 1.50. The van der Waals surface area contributed by atoms with Crippen molar-refractivity contribution in [2.45, 2.75) is 0 Å². The topological polar surface area (TPSA) is 93.8 Å². The second-order valence-corrected chi connectivity index (χ2v) is 5.36. The van der Waals surface area contributed by atoms with Gasteiger partial charge in [-0.15, -0.1) is 0 Å². The maximum absolute atomic E-state index is 11.8. The Morgan fingerprint density at radius 3 is 2.61 bits per heavy atom. The third kappa shape index (κ3) is 5.23. The average Bonchev–Trinajstić information content (AvgIpc) is 2.54. The monoisotopic (exact) mass is 375 g/mol. The van der Waals surface area contributed by atoms with Crippen LogP contribution in [0.25, 0.3) is 0 Å². The lowest BCUT2D eigenvalue weighted by Gasteiger charge is -2.06. The molecule has 0 aliphatic carbocycles. The summed E-state index contributed by atoms with van der Waals surface area (Å²) in [5, 5.41) is 3.90. The van der Waals surface area contributed by atoms with Crippen LogP contribution < -0.4 is 15.9 Å². The predicted octanol–water partition coefficient (Wildman–Crippen LogP) is 2.08. The first-order valence-electron chi connectivity index (χ1n) is 6.65. The molecule has 0 aliphatic heterocycles. The second-order valence-electron chi connectivity index (χ2n) is 4.51. The molecule has 0 bridgehead atoms. The molecule has 0 unspecified atom stereocenters. The molecular weight excluding hydrogens is 362 g/mol. The number of nitrogens with two attached hydrogens (primary N) is 1. The van der Waals surface area contributed by atoms with Crippen LogP contribution >= 0.6 is 15.9 Å². The number of nitrogens with zero attached hydrogens (tertiary/aromatic N) is 1. The van der Waals surface area contributed by atoms with E-state index in [0.717, 1.165) is 5.56 Å². The molecule has 118 valence electrons. The quantitative estimate of drug-likeness (QED) is 0.597. The Bertz CT molecular complexity index is 733. The summed E-state index contributed by atoms with van der Waals surface area (Å²) >= 11 is 3.33. The molecule has 2 amide bonds. The van der Waals surface area contributed by atoms with Crippen LogP contribution in [0, 0.1) is 0 Å². The molecular formula is C16H14BrN3O3. The van der Waals surface area contributed by atoms with Crippen LogP contribution in [0.3, 0.4) is 0 Å². The zero-order valence-corrected chi connectivity index (χ0v) is 13.6. The molecule has 0 spiro atoms. The second kappa shape index (κ2) is 8.09. The molecule has 0 radical (unpaired) electrons. The fourth-order valence-electron chi connectivity index (χ4n) is 1.68. The van der Waals surface area contributed by atoms with E-state index in [1.807, 2.05) is 6.07 Å². The van der Waals surface area contributed by atoms with Crippen molar-refractivity contribution in [1.82, 2.24) is 5.43 Å². The highest BCUT2D eigenvalue weighted by molar-refractivity contribution is 9.10. The molecule has 2 aromatic carbocycles. The van der Waals surface area contributed by atoms with Crippen LogP contribution in [-0.2, 0) is 4.79 Å². The predicted molar refractivity (Wildman–Crippen MR) is 90.3 cm³/mol. The van der Waals surface area contributed by atoms with Crippen molar-refractivity contribution in [3.8, 4) is 5.75 Å². The van der Waals surface area contributed by atoms with E-state index in [-0.39, 0.29) is 12.5 Å². The maximum atomic E-state index is 11.8. The van der Waals surface area contributed by atoms with Gasteiger partial charge in [0.15, 0.2) is 6.61 Å². The molecule has 0 saturated heterocycles. The molecule has 0 fully saturated rings. The standard InChI is InChI=1S/C16H14BrN3O3/c17-13-8-11(6-7-14(13)23-10-15(18)21)9-19-20-16(22)12-4-2-1-3-5-12/h1-9H,10H2,(H2,18,21)(H,20,22)/b19-9-. The molecule has 0 heterocycles. The highest BCUT2D eigenvalue weighted by Gasteiger charge is 2.04. The van der Waals surface area contributed by atoms with Gasteiger partial charge in [-0.2, -0.15) is 5.10 Å². The highest BCUT2D eigenvalue weighted by atomic mass is 79.9. The molecule has 0 aromatic heterocycles. The Labute approximate surface area is 141 Å². The minimum Gasteiger partial charge on any atom is -0.483 e. The summed E-state index contributed by atoms with van der Waals surface area (Å²) in [6.45, 7) is -0.195. The largest absolute Gasteiger partial charge is 0.483 e. The van der Waals surface area contributed by atoms with Gasteiger partial charge in [-0.3, -0.25) is 9.59 Å². The first-order chi connectivity index (χ1) is 11.1. The normalized spacial score (nSPS) is 10.5.